The highest BCUT2D eigenvalue weighted by molar-refractivity contribution is 7.91. The van der Waals surface area contributed by atoms with Crippen molar-refractivity contribution in [2.75, 3.05) is 12.4 Å². The molecule has 0 spiro atoms. The lowest BCUT2D eigenvalue weighted by Gasteiger charge is -2.05. The maximum absolute atomic E-state index is 12.6. The first kappa shape index (κ1) is 19.7. The van der Waals surface area contributed by atoms with Crippen molar-refractivity contribution >= 4 is 39.0 Å². The number of sulfone groups is 1. The highest BCUT2D eigenvalue weighted by Crippen LogP contribution is 2.24. The maximum atomic E-state index is 12.6. The Morgan fingerprint density at radius 1 is 0.964 bits per heavy atom. The van der Waals surface area contributed by atoms with Crippen LogP contribution in [0.25, 0.3) is 0 Å². The van der Waals surface area contributed by atoms with Crippen LogP contribution in [0, 0.1) is 0 Å². The van der Waals surface area contributed by atoms with Crippen LogP contribution in [0.3, 0.4) is 0 Å². The summed E-state index contributed by atoms with van der Waals surface area (Å²) in [5.74, 6) is -1.31. The molecule has 0 bridgehead atoms. The molecule has 0 aliphatic heterocycles. The molecule has 0 radical (unpaired) electrons. The van der Waals surface area contributed by atoms with E-state index in [1.165, 1.54) is 67.8 Å². The fraction of sp³-hybridized carbons (Fsp3) is 0.0526. The first-order chi connectivity index (χ1) is 13.3. The van der Waals surface area contributed by atoms with E-state index in [1.54, 1.807) is 0 Å². The number of hydrogen-bond acceptors (Lipinski definition) is 6. The zero-order valence-corrected chi connectivity index (χ0v) is 16.1. The highest BCUT2D eigenvalue weighted by atomic mass is 35.5. The fourth-order valence-electron chi connectivity index (χ4n) is 2.32. The number of methoxy groups -OCH3 is 1. The predicted molar refractivity (Wildman–Crippen MR) is 101 cm³/mol. The number of furan rings is 1. The SMILES string of the molecule is COC(=O)c1ccc(NC(=O)c2ccc(S(=O)(=O)c3ccc(Cl)cc3)o2)cc1. The lowest BCUT2D eigenvalue weighted by Crippen LogP contribution is -2.11. The smallest absolute Gasteiger partial charge is 0.337 e. The zero-order valence-electron chi connectivity index (χ0n) is 14.5. The monoisotopic (exact) mass is 419 g/mol. The van der Waals surface area contributed by atoms with Gasteiger partial charge in [-0.3, -0.25) is 4.79 Å². The van der Waals surface area contributed by atoms with Crippen LogP contribution in [-0.4, -0.2) is 27.4 Å². The van der Waals surface area contributed by atoms with Crippen molar-refractivity contribution in [1.29, 1.82) is 0 Å². The van der Waals surface area contributed by atoms with Gasteiger partial charge in [0.05, 0.1) is 17.6 Å². The Bertz CT molecular complexity index is 1120. The molecular weight excluding hydrogens is 406 g/mol. The normalized spacial score (nSPS) is 11.1. The van der Waals surface area contributed by atoms with Crippen molar-refractivity contribution in [2.45, 2.75) is 9.99 Å². The number of rotatable bonds is 5. The Hall–Kier alpha value is -3.10. The first-order valence-corrected chi connectivity index (χ1v) is 9.77. The minimum Gasteiger partial charge on any atom is -0.465 e. The van der Waals surface area contributed by atoms with Crippen LogP contribution >= 0.6 is 11.6 Å². The first-order valence-electron chi connectivity index (χ1n) is 7.91. The highest BCUT2D eigenvalue weighted by Gasteiger charge is 2.23. The summed E-state index contributed by atoms with van der Waals surface area (Å²) in [6.07, 6.45) is 0. The van der Waals surface area contributed by atoms with Crippen LogP contribution in [0.5, 0.6) is 0 Å². The third-order valence-corrected chi connectivity index (χ3v) is 5.65. The van der Waals surface area contributed by atoms with Gasteiger partial charge in [0.2, 0.25) is 14.9 Å². The van der Waals surface area contributed by atoms with E-state index in [1.807, 2.05) is 0 Å². The zero-order chi connectivity index (χ0) is 20.3. The Morgan fingerprint density at radius 2 is 1.61 bits per heavy atom. The van der Waals surface area contributed by atoms with Crippen LogP contribution in [-0.2, 0) is 14.6 Å². The fourth-order valence-corrected chi connectivity index (χ4v) is 3.62. The van der Waals surface area contributed by atoms with E-state index in [-0.39, 0.29) is 15.7 Å². The molecule has 0 unspecified atom stereocenters. The van der Waals surface area contributed by atoms with Crippen LogP contribution in [0.4, 0.5) is 5.69 Å². The molecule has 0 saturated carbocycles. The van der Waals surface area contributed by atoms with E-state index in [2.05, 4.69) is 10.1 Å². The second-order valence-electron chi connectivity index (χ2n) is 5.60. The summed E-state index contributed by atoms with van der Waals surface area (Å²) in [4.78, 5) is 23.7. The molecule has 0 saturated heterocycles. The summed E-state index contributed by atoms with van der Waals surface area (Å²) >= 11 is 5.77. The summed E-state index contributed by atoms with van der Waals surface area (Å²) in [6.45, 7) is 0. The van der Waals surface area contributed by atoms with E-state index in [0.717, 1.165) is 0 Å². The van der Waals surface area contributed by atoms with Gasteiger partial charge in [0.25, 0.3) is 5.91 Å². The summed E-state index contributed by atoms with van der Waals surface area (Å²) in [6, 6.07) is 14.1. The van der Waals surface area contributed by atoms with Crippen LogP contribution in [0.15, 0.2) is 75.1 Å². The molecule has 0 aliphatic rings. The Labute approximate surface area is 165 Å². The number of esters is 1. The topological polar surface area (TPSA) is 103 Å². The van der Waals surface area contributed by atoms with Crippen molar-refractivity contribution in [1.82, 2.24) is 0 Å². The van der Waals surface area contributed by atoms with Gasteiger partial charge in [-0.25, -0.2) is 13.2 Å². The minimum atomic E-state index is -3.92. The van der Waals surface area contributed by atoms with Gasteiger partial charge in [-0.05, 0) is 60.7 Å². The number of anilines is 1. The van der Waals surface area contributed by atoms with Gasteiger partial charge in [0.1, 0.15) is 0 Å². The molecule has 28 heavy (non-hydrogen) atoms. The van der Waals surface area contributed by atoms with E-state index in [0.29, 0.717) is 16.3 Å². The van der Waals surface area contributed by atoms with Gasteiger partial charge < -0.3 is 14.5 Å². The Balaban J connectivity index is 1.77. The number of nitrogens with one attached hydrogen (secondary N) is 1. The molecule has 1 aromatic heterocycles. The van der Waals surface area contributed by atoms with Crippen LogP contribution in [0.2, 0.25) is 5.02 Å². The Morgan fingerprint density at radius 3 is 2.21 bits per heavy atom. The molecule has 0 fully saturated rings. The number of amides is 1. The van der Waals surface area contributed by atoms with Crippen molar-refractivity contribution in [3.63, 3.8) is 0 Å². The van der Waals surface area contributed by atoms with E-state index < -0.39 is 21.7 Å². The third kappa shape index (κ3) is 4.08. The van der Waals surface area contributed by atoms with Crippen LogP contribution < -0.4 is 5.32 Å². The summed E-state index contributed by atoms with van der Waals surface area (Å²) in [5, 5.41) is 2.60. The molecule has 0 aliphatic carbocycles. The molecule has 9 heteroatoms. The van der Waals surface area contributed by atoms with Crippen molar-refractivity contribution in [2.24, 2.45) is 0 Å². The number of halogens is 1. The lowest BCUT2D eigenvalue weighted by molar-refractivity contribution is 0.0600. The number of benzene rings is 2. The quantitative estimate of drug-likeness (QED) is 0.631. The number of carbonyl (C=O) groups excluding carboxylic acids is 2. The number of hydrogen-bond donors (Lipinski definition) is 1. The molecule has 2 aromatic carbocycles. The molecule has 1 N–H and O–H groups in total. The van der Waals surface area contributed by atoms with Crippen LogP contribution in [0.1, 0.15) is 20.9 Å². The molecule has 7 nitrogen and oxygen atoms in total. The van der Waals surface area contributed by atoms with E-state index in [9.17, 15) is 18.0 Å². The molecule has 0 atom stereocenters. The van der Waals surface area contributed by atoms with E-state index >= 15 is 0 Å². The average molecular weight is 420 g/mol. The van der Waals surface area contributed by atoms with Gasteiger partial charge in [-0.2, -0.15) is 0 Å². The van der Waals surface area contributed by atoms with Crippen molar-refractivity contribution in [3.8, 4) is 0 Å². The molecule has 3 aromatic rings. The van der Waals surface area contributed by atoms with Gasteiger partial charge in [-0.15, -0.1) is 0 Å². The summed E-state index contributed by atoms with van der Waals surface area (Å²) in [5.41, 5.74) is 0.728. The van der Waals surface area contributed by atoms with Crippen molar-refractivity contribution in [3.05, 3.63) is 77.0 Å². The predicted octanol–water partition coefficient (Wildman–Crippen LogP) is 3.80. The molecular formula is C19H14ClNO6S. The maximum Gasteiger partial charge on any atom is 0.337 e. The number of ether oxygens (including phenoxy) is 1. The number of carbonyl (C=O) groups is 2. The molecule has 1 heterocycles. The average Bonchev–Trinajstić information content (AvgIpc) is 3.19. The second-order valence-corrected chi connectivity index (χ2v) is 7.92. The molecule has 1 amide bonds. The van der Waals surface area contributed by atoms with Gasteiger partial charge in [0, 0.05) is 10.7 Å². The van der Waals surface area contributed by atoms with Gasteiger partial charge in [0.15, 0.2) is 5.76 Å². The summed E-state index contributed by atoms with van der Waals surface area (Å²) < 4.78 is 35.0. The minimum absolute atomic E-state index is 0.00314. The second kappa shape index (κ2) is 7.87. The van der Waals surface area contributed by atoms with Gasteiger partial charge >= 0.3 is 5.97 Å². The molecule has 3 rings (SSSR count). The largest absolute Gasteiger partial charge is 0.465 e. The third-order valence-electron chi connectivity index (χ3n) is 3.76. The van der Waals surface area contributed by atoms with Gasteiger partial charge in [-0.1, -0.05) is 11.6 Å². The standard InChI is InChI=1S/C19H14ClNO6S/c1-26-19(23)12-2-6-14(7-3-12)21-18(22)16-10-11-17(27-16)28(24,25)15-8-4-13(20)5-9-15/h2-11H,1H3,(H,21,22). The van der Waals surface area contributed by atoms with Crippen molar-refractivity contribution < 1.29 is 27.2 Å². The summed E-state index contributed by atoms with van der Waals surface area (Å²) in [7, 11) is -2.65. The lowest BCUT2D eigenvalue weighted by atomic mass is 10.2. The molecule has 144 valence electrons. The van der Waals surface area contributed by atoms with E-state index in [4.69, 9.17) is 16.0 Å². The Kier molecular flexibility index (Phi) is 5.53.